The monoisotopic (exact) mass is 343 g/mol. The van der Waals surface area contributed by atoms with E-state index in [0.29, 0.717) is 17.4 Å². The molecule has 0 saturated carbocycles. The van der Waals surface area contributed by atoms with E-state index in [2.05, 4.69) is 10.4 Å². The van der Waals surface area contributed by atoms with Gasteiger partial charge in [0.2, 0.25) is 0 Å². The number of hydrogen-bond donors (Lipinski definition) is 1. The summed E-state index contributed by atoms with van der Waals surface area (Å²) in [6, 6.07) is 14.8. The van der Waals surface area contributed by atoms with Crippen LogP contribution in [-0.2, 0) is 6.54 Å². The van der Waals surface area contributed by atoms with Gasteiger partial charge in [-0.25, -0.2) is 4.39 Å². The molecular weight excluding hydrogens is 329 g/mol. The Morgan fingerprint density at radius 3 is 2.75 bits per heavy atom. The fourth-order valence-electron chi connectivity index (χ4n) is 2.34. The number of aromatic nitrogens is 2. The number of nitrogens with one attached hydrogen (secondary N) is 1. The van der Waals surface area contributed by atoms with E-state index in [0.717, 1.165) is 11.3 Å². The number of nitrogens with zero attached hydrogens (tertiary/aromatic N) is 2. The Labute approximate surface area is 143 Å². The molecule has 122 valence electrons. The van der Waals surface area contributed by atoms with Crippen molar-refractivity contribution in [3.63, 3.8) is 0 Å². The maximum Gasteiger partial charge on any atom is 0.256 e. The van der Waals surface area contributed by atoms with Crippen molar-refractivity contribution in [1.82, 2.24) is 9.78 Å². The number of anilines is 1. The first-order chi connectivity index (χ1) is 11.5. The molecular formula is C18H15ClFN3O. The molecule has 1 heterocycles. The van der Waals surface area contributed by atoms with Crippen molar-refractivity contribution in [2.75, 3.05) is 5.32 Å². The van der Waals surface area contributed by atoms with Crippen molar-refractivity contribution in [1.29, 1.82) is 0 Å². The highest BCUT2D eigenvalue weighted by molar-refractivity contribution is 6.31. The molecule has 0 bridgehead atoms. The van der Waals surface area contributed by atoms with E-state index in [1.54, 1.807) is 16.8 Å². The van der Waals surface area contributed by atoms with Crippen LogP contribution in [0.15, 0.2) is 54.6 Å². The summed E-state index contributed by atoms with van der Waals surface area (Å²) in [5.41, 5.74) is 2.06. The highest BCUT2D eigenvalue weighted by atomic mass is 35.5. The van der Waals surface area contributed by atoms with Crippen molar-refractivity contribution in [3.05, 3.63) is 82.3 Å². The second-order valence-electron chi connectivity index (χ2n) is 5.38. The van der Waals surface area contributed by atoms with E-state index < -0.39 is 11.7 Å². The summed E-state index contributed by atoms with van der Waals surface area (Å²) in [6.45, 7) is 2.39. The van der Waals surface area contributed by atoms with Gasteiger partial charge in [-0.05, 0) is 36.8 Å². The maximum atomic E-state index is 13.2. The van der Waals surface area contributed by atoms with Crippen LogP contribution in [-0.4, -0.2) is 15.7 Å². The van der Waals surface area contributed by atoms with Gasteiger partial charge in [-0.15, -0.1) is 0 Å². The molecule has 1 N–H and O–H groups in total. The van der Waals surface area contributed by atoms with E-state index in [1.165, 1.54) is 18.2 Å². The summed E-state index contributed by atoms with van der Waals surface area (Å²) in [6.07, 6.45) is 0. The number of carbonyl (C=O) groups excluding carboxylic acids is 1. The fraction of sp³-hybridized carbons (Fsp3) is 0.111. The number of aryl methyl sites for hydroxylation is 1. The number of benzene rings is 2. The minimum Gasteiger partial charge on any atom is -0.305 e. The smallest absolute Gasteiger partial charge is 0.256 e. The first-order valence-electron chi connectivity index (χ1n) is 7.38. The van der Waals surface area contributed by atoms with E-state index in [4.69, 9.17) is 11.6 Å². The summed E-state index contributed by atoms with van der Waals surface area (Å²) in [5.74, 6) is -0.450. The van der Waals surface area contributed by atoms with Gasteiger partial charge in [0, 0.05) is 22.3 Å². The van der Waals surface area contributed by atoms with Crippen LogP contribution in [0, 0.1) is 12.7 Å². The lowest BCUT2D eigenvalue weighted by Crippen LogP contribution is -2.13. The Morgan fingerprint density at radius 2 is 2.00 bits per heavy atom. The average Bonchev–Trinajstić information content (AvgIpc) is 2.89. The Bertz CT molecular complexity index is 891. The predicted molar refractivity (Wildman–Crippen MR) is 91.9 cm³/mol. The second-order valence-corrected chi connectivity index (χ2v) is 5.79. The van der Waals surface area contributed by atoms with Crippen LogP contribution in [0.5, 0.6) is 0 Å². The van der Waals surface area contributed by atoms with Gasteiger partial charge in [0.15, 0.2) is 5.82 Å². The third-order valence-electron chi connectivity index (χ3n) is 3.59. The topological polar surface area (TPSA) is 46.9 Å². The quantitative estimate of drug-likeness (QED) is 0.768. The van der Waals surface area contributed by atoms with Crippen LogP contribution in [0.1, 0.15) is 21.6 Å². The number of carbonyl (C=O) groups is 1. The molecule has 0 radical (unpaired) electrons. The van der Waals surface area contributed by atoms with Crippen molar-refractivity contribution in [2.24, 2.45) is 0 Å². The molecule has 6 heteroatoms. The first kappa shape index (κ1) is 16.2. The van der Waals surface area contributed by atoms with Crippen molar-refractivity contribution >= 4 is 23.3 Å². The molecule has 0 aliphatic rings. The average molecular weight is 344 g/mol. The molecule has 2 aromatic carbocycles. The Hall–Kier alpha value is -2.66. The van der Waals surface area contributed by atoms with E-state index in [9.17, 15) is 9.18 Å². The molecule has 1 amide bonds. The number of halogens is 2. The van der Waals surface area contributed by atoms with Crippen molar-refractivity contribution in [3.8, 4) is 0 Å². The molecule has 24 heavy (non-hydrogen) atoms. The predicted octanol–water partition coefficient (Wildman–Crippen LogP) is 4.28. The Morgan fingerprint density at radius 1 is 1.21 bits per heavy atom. The zero-order valence-electron chi connectivity index (χ0n) is 13.0. The summed E-state index contributed by atoms with van der Waals surface area (Å²) in [4.78, 5) is 12.2. The zero-order valence-corrected chi connectivity index (χ0v) is 13.7. The van der Waals surface area contributed by atoms with Gasteiger partial charge in [-0.3, -0.25) is 9.48 Å². The van der Waals surface area contributed by atoms with E-state index >= 15 is 0 Å². The Kier molecular flexibility index (Phi) is 4.62. The fourth-order valence-corrected chi connectivity index (χ4v) is 2.53. The highest BCUT2D eigenvalue weighted by Gasteiger charge is 2.11. The third kappa shape index (κ3) is 3.63. The molecule has 4 nitrogen and oxygen atoms in total. The number of hydrogen-bond acceptors (Lipinski definition) is 2. The van der Waals surface area contributed by atoms with Crippen molar-refractivity contribution in [2.45, 2.75) is 13.5 Å². The van der Waals surface area contributed by atoms with E-state index in [-0.39, 0.29) is 5.56 Å². The molecule has 0 atom stereocenters. The molecule has 0 fully saturated rings. The maximum absolute atomic E-state index is 13.2. The van der Waals surface area contributed by atoms with Gasteiger partial charge < -0.3 is 5.32 Å². The lowest BCUT2D eigenvalue weighted by molar-refractivity contribution is 0.102. The summed E-state index contributed by atoms with van der Waals surface area (Å²) in [5, 5.41) is 7.71. The SMILES string of the molecule is Cc1cc(NC(=O)c2cccc(F)c2)nn1Cc1ccccc1Cl. The summed E-state index contributed by atoms with van der Waals surface area (Å²) >= 11 is 6.17. The molecule has 3 aromatic rings. The molecule has 1 aromatic heterocycles. The normalized spacial score (nSPS) is 10.6. The van der Waals surface area contributed by atoms with Crippen LogP contribution < -0.4 is 5.32 Å². The van der Waals surface area contributed by atoms with Crippen LogP contribution in [0.4, 0.5) is 10.2 Å². The highest BCUT2D eigenvalue weighted by Crippen LogP contribution is 2.18. The number of rotatable bonds is 4. The van der Waals surface area contributed by atoms with Crippen LogP contribution in [0.25, 0.3) is 0 Å². The molecule has 0 spiro atoms. The van der Waals surface area contributed by atoms with Crippen LogP contribution in [0.2, 0.25) is 5.02 Å². The van der Waals surface area contributed by atoms with E-state index in [1.807, 2.05) is 31.2 Å². The summed E-state index contributed by atoms with van der Waals surface area (Å²) < 4.78 is 15.0. The molecule has 0 aliphatic heterocycles. The van der Waals surface area contributed by atoms with Gasteiger partial charge in [-0.1, -0.05) is 35.9 Å². The molecule has 3 rings (SSSR count). The van der Waals surface area contributed by atoms with Gasteiger partial charge in [0.1, 0.15) is 5.82 Å². The minimum absolute atomic E-state index is 0.244. The summed E-state index contributed by atoms with van der Waals surface area (Å²) in [7, 11) is 0. The lowest BCUT2D eigenvalue weighted by Gasteiger charge is -2.06. The minimum atomic E-state index is -0.455. The third-order valence-corrected chi connectivity index (χ3v) is 3.96. The van der Waals surface area contributed by atoms with Gasteiger partial charge in [-0.2, -0.15) is 5.10 Å². The number of amides is 1. The molecule has 0 saturated heterocycles. The van der Waals surface area contributed by atoms with Gasteiger partial charge >= 0.3 is 0 Å². The van der Waals surface area contributed by atoms with Gasteiger partial charge in [0.05, 0.1) is 6.54 Å². The molecule has 0 unspecified atom stereocenters. The van der Waals surface area contributed by atoms with Gasteiger partial charge in [0.25, 0.3) is 5.91 Å². The largest absolute Gasteiger partial charge is 0.305 e. The first-order valence-corrected chi connectivity index (χ1v) is 7.75. The standard InChI is InChI=1S/C18H15ClFN3O/c1-12-9-17(21-18(24)13-6-4-7-15(20)10-13)22-23(12)11-14-5-2-3-8-16(14)19/h2-10H,11H2,1H3,(H,21,22,24). The van der Waals surface area contributed by atoms with Crippen molar-refractivity contribution < 1.29 is 9.18 Å². The van der Waals surface area contributed by atoms with Crippen LogP contribution in [0.3, 0.4) is 0 Å². The lowest BCUT2D eigenvalue weighted by atomic mass is 10.2. The van der Waals surface area contributed by atoms with Crippen LogP contribution >= 0.6 is 11.6 Å². The Balaban J connectivity index is 1.77. The zero-order chi connectivity index (χ0) is 17.1. The second kappa shape index (κ2) is 6.84. The molecule has 0 aliphatic carbocycles.